The topological polar surface area (TPSA) is 37.4 Å². The predicted octanol–water partition coefficient (Wildman–Crippen LogP) is 2.04. The Hall–Kier alpha value is -1.64. The van der Waals surface area contributed by atoms with E-state index in [1.165, 1.54) is 11.1 Å². The van der Waals surface area contributed by atoms with Gasteiger partial charge in [0.1, 0.15) is 5.78 Å². The molecule has 0 aromatic heterocycles. The van der Waals surface area contributed by atoms with E-state index in [4.69, 9.17) is 0 Å². The van der Waals surface area contributed by atoms with Crippen LogP contribution in [-0.2, 0) is 16.0 Å². The van der Waals surface area contributed by atoms with Crippen LogP contribution in [0.1, 0.15) is 36.3 Å². The van der Waals surface area contributed by atoms with Gasteiger partial charge in [0.05, 0.1) is 11.6 Å². The third-order valence-corrected chi connectivity index (χ3v) is 4.61. The van der Waals surface area contributed by atoms with Crippen LogP contribution >= 0.6 is 0 Å². The second kappa shape index (κ2) is 3.44. The summed E-state index contributed by atoms with van der Waals surface area (Å²) in [7, 11) is 0. The number of hydrogen-bond acceptors (Lipinski definition) is 2. The van der Waals surface area contributed by atoms with E-state index in [1.54, 1.807) is 0 Å². The number of rotatable bonds is 0. The van der Waals surface area contributed by atoms with Crippen molar-refractivity contribution in [3.63, 3.8) is 0 Å². The number of benzene rings is 1. The SMILES string of the molecule is O=C1CC2C(=O)N3CCCc4cccc(c43)C2C1. The summed E-state index contributed by atoms with van der Waals surface area (Å²) in [6.07, 6.45) is 3.09. The van der Waals surface area contributed by atoms with Gasteiger partial charge in [0.2, 0.25) is 5.91 Å². The molecular formula is C15H15NO2. The molecule has 1 saturated carbocycles. The number of fused-ring (bicyclic) bond motifs is 2. The Labute approximate surface area is 106 Å². The first-order chi connectivity index (χ1) is 8.75. The summed E-state index contributed by atoms with van der Waals surface area (Å²) in [6, 6.07) is 6.31. The molecule has 1 fully saturated rings. The molecular weight excluding hydrogens is 226 g/mol. The van der Waals surface area contributed by atoms with E-state index >= 15 is 0 Å². The Bertz CT molecular complexity index is 564. The minimum Gasteiger partial charge on any atom is -0.312 e. The van der Waals surface area contributed by atoms with Crippen LogP contribution in [0.3, 0.4) is 0 Å². The van der Waals surface area contributed by atoms with Crippen LogP contribution in [-0.4, -0.2) is 18.2 Å². The Kier molecular flexibility index (Phi) is 1.97. The van der Waals surface area contributed by atoms with E-state index in [0.717, 1.165) is 25.1 Å². The first-order valence-corrected chi connectivity index (χ1v) is 6.70. The second-order valence-electron chi connectivity index (χ2n) is 5.61. The largest absolute Gasteiger partial charge is 0.312 e. The van der Waals surface area contributed by atoms with Crippen LogP contribution in [0.5, 0.6) is 0 Å². The van der Waals surface area contributed by atoms with Gasteiger partial charge in [0.15, 0.2) is 0 Å². The highest BCUT2D eigenvalue weighted by molar-refractivity contribution is 6.04. The molecule has 92 valence electrons. The number of aryl methyl sites for hydroxylation is 1. The molecule has 2 aliphatic heterocycles. The predicted molar refractivity (Wildman–Crippen MR) is 67.6 cm³/mol. The number of Topliss-reactive ketones (excluding diaryl/α,β-unsaturated/α-hetero) is 1. The number of carbonyl (C=O) groups is 2. The van der Waals surface area contributed by atoms with Gasteiger partial charge in [0.25, 0.3) is 0 Å². The maximum atomic E-state index is 12.5. The minimum atomic E-state index is -0.0849. The second-order valence-corrected chi connectivity index (χ2v) is 5.61. The van der Waals surface area contributed by atoms with Gasteiger partial charge >= 0.3 is 0 Å². The zero-order valence-electron chi connectivity index (χ0n) is 10.2. The fourth-order valence-corrected chi connectivity index (χ4v) is 3.85. The first-order valence-electron chi connectivity index (χ1n) is 6.70. The molecule has 2 unspecified atom stereocenters. The Morgan fingerprint density at radius 1 is 1.11 bits per heavy atom. The van der Waals surface area contributed by atoms with E-state index in [2.05, 4.69) is 18.2 Å². The first kappa shape index (κ1) is 10.3. The maximum Gasteiger partial charge on any atom is 0.231 e. The molecule has 0 bridgehead atoms. The van der Waals surface area contributed by atoms with Crippen LogP contribution in [0, 0.1) is 5.92 Å². The van der Waals surface area contributed by atoms with E-state index in [9.17, 15) is 9.59 Å². The van der Waals surface area contributed by atoms with E-state index < -0.39 is 0 Å². The molecule has 3 heteroatoms. The zero-order chi connectivity index (χ0) is 12.3. The molecule has 18 heavy (non-hydrogen) atoms. The zero-order valence-corrected chi connectivity index (χ0v) is 10.2. The lowest BCUT2D eigenvalue weighted by Crippen LogP contribution is -2.44. The van der Waals surface area contributed by atoms with Gasteiger partial charge in [-0.25, -0.2) is 0 Å². The van der Waals surface area contributed by atoms with Crippen LogP contribution in [0.15, 0.2) is 18.2 Å². The summed E-state index contributed by atoms with van der Waals surface area (Å²) in [5.74, 6) is 0.494. The summed E-state index contributed by atoms with van der Waals surface area (Å²) in [6.45, 7) is 0.820. The third-order valence-electron chi connectivity index (χ3n) is 4.61. The molecule has 3 aliphatic rings. The quantitative estimate of drug-likeness (QED) is 0.697. The van der Waals surface area contributed by atoms with Crippen molar-refractivity contribution in [3.05, 3.63) is 29.3 Å². The molecule has 1 aromatic rings. The highest BCUT2D eigenvalue weighted by Crippen LogP contribution is 2.49. The van der Waals surface area contributed by atoms with Crippen molar-refractivity contribution in [1.29, 1.82) is 0 Å². The Balaban J connectivity index is 1.95. The van der Waals surface area contributed by atoms with Crippen LogP contribution in [0.25, 0.3) is 0 Å². The lowest BCUT2D eigenvalue weighted by Gasteiger charge is -2.40. The Morgan fingerprint density at radius 3 is 2.83 bits per heavy atom. The molecule has 0 spiro atoms. The van der Waals surface area contributed by atoms with Gasteiger partial charge in [0, 0.05) is 25.3 Å². The molecule has 1 amide bonds. The van der Waals surface area contributed by atoms with Gasteiger partial charge in [-0.1, -0.05) is 18.2 Å². The van der Waals surface area contributed by atoms with Crippen LogP contribution < -0.4 is 4.90 Å². The van der Waals surface area contributed by atoms with Gasteiger partial charge in [-0.2, -0.15) is 0 Å². The molecule has 2 atom stereocenters. The monoisotopic (exact) mass is 241 g/mol. The average Bonchev–Trinajstić information content (AvgIpc) is 2.78. The molecule has 1 aromatic carbocycles. The van der Waals surface area contributed by atoms with Gasteiger partial charge in [-0.05, 0) is 24.0 Å². The lowest BCUT2D eigenvalue weighted by atomic mass is 9.80. The Morgan fingerprint density at radius 2 is 1.94 bits per heavy atom. The van der Waals surface area contributed by atoms with Crippen molar-refractivity contribution >= 4 is 17.4 Å². The van der Waals surface area contributed by atoms with Crippen molar-refractivity contribution < 1.29 is 9.59 Å². The van der Waals surface area contributed by atoms with Crippen molar-refractivity contribution in [1.82, 2.24) is 0 Å². The lowest BCUT2D eigenvalue weighted by molar-refractivity contribution is -0.125. The smallest absolute Gasteiger partial charge is 0.231 e. The molecule has 2 heterocycles. The molecule has 4 rings (SSSR count). The number of ketones is 1. The number of anilines is 1. The summed E-state index contributed by atoms with van der Waals surface area (Å²) >= 11 is 0. The molecule has 0 N–H and O–H groups in total. The summed E-state index contributed by atoms with van der Waals surface area (Å²) in [5, 5.41) is 0. The summed E-state index contributed by atoms with van der Waals surface area (Å²) in [4.78, 5) is 26.1. The molecule has 3 nitrogen and oxygen atoms in total. The summed E-state index contributed by atoms with van der Waals surface area (Å²) in [5.41, 5.74) is 3.65. The summed E-state index contributed by atoms with van der Waals surface area (Å²) < 4.78 is 0. The maximum absolute atomic E-state index is 12.5. The number of amides is 1. The number of carbonyl (C=O) groups excluding carboxylic acids is 2. The van der Waals surface area contributed by atoms with Crippen molar-refractivity contribution in [2.24, 2.45) is 5.92 Å². The van der Waals surface area contributed by atoms with Gasteiger partial charge < -0.3 is 4.90 Å². The highest BCUT2D eigenvalue weighted by atomic mass is 16.2. The third kappa shape index (κ3) is 1.19. The van der Waals surface area contributed by atoms with Crippen LogP contribution in [0.2, 0.25) is 0 Å². The average molecular weight is 241 g/mol. The minimum absolute atomic E-state index is 0.0849. The standard InChI is InChI=1S/C15H15NO2/c17-10-7-12-11-5-1-3-9-4-2-6-16(14(9)11)15(18)13(12)8-10/h1,3,5,12-13H,2,4,6-8H2. The van der Waals surface area contributed by atoms with E-state index in [1.807, 2.05) is 4.90 Å². The molecule has 0 saturated heterocycles. The van der Waals surface area contributed by atoms with Gasteiger partial charge in [-0.15, -0.1) is 0 Å². The number of hydrogen-bond donors (Lipinski definition) is 0. The van der Waals surface area contributed by atoms with Gasteiger partial charge in [-0.3, -0.25) is 9.59 Å². The normalized spacial score (nSPS) is 29.2. The molecule has 0 radical (unpaired) electrons. The van der Waals surface area contributed by atoms with Crippen LogP contribution in [0.4, 0.5) is 5.69 Å². The molecule has 1 aliphatic carbocycles. The highest BCUT2D eigenvalue weighted by Gasteiger charge is 2.47. The fraction of sp³-hybridized carbons (Fsp3) is 0.467. The van der Waals surface area contributed by atoms with E-state index in [0.29, 0.717) is 12.8 Å². The fourth-order valence-electron chi connectivity index (χ4n) is 3.85. The number of nitrogens with zero attached hydrogens (tertiary/aromatic N) is 1. The number of para-hydroxylation sites is 1. The van der Waals surface area contributed by atoms with Crippen molar-refractivity contribution in [2.45, 2.75) is 31.6 Å². The van der Waals surface area contributed by atoms with E-state index in [-0.39, 0.29) is 23.5 Å². The van der Waals surface area contributed by atoms with Crippen molar-refractivity contribution in [2.75, 3.05) is 11.4 Å². The van der Waals surface area contributed by atoms with Crippen molar-refractivity contribution in [3.8, 4) is 0 Å².